The molecule has 0 radical (unpaired) electrons. The standard InChI is InChI=1S/C15H18ClN3S2/c1-4-10(3)14(20)19(5-2)15-12(16)18-13(21-15)11-7-6-8-17-9-11/h6-10H,4-5H2,1-3H3. The van der Waals surface area contributed by atoms with Gasteiger partial charge in [-0.1, -0.05) is 49.0 Å². The fraction of sp³-hybridized carbons (Fsp3) is 0.400. The van der Waals surface area contributed by atoms with Crippen LogP contribution in [0.3, 0.4) is 0 Å². The lowest BCUT2D eigenvalue weighted by Gasteiger charge is -2.25. The molecule has 2 rings (SSSR count). The van der Waals surface area contributed by atoms with Crippen LogP contribution in [0.25, 0.3) is 10.6 Å². The van der Waals surface area contributed by atoms with Crippen molar-refractivity contribution in [1.29, 1.82) is 0 Å². The zero-order valence-corrected chi connectivity index (χ0v) is 14.7. The molecule has 2 aromatic heterocycles. The second-order valence-corrected chi connectivity index (χ2v) is 6.50. The number of thiazole rings is 1. The summed E-state index contributed by atoms with van der Waals surface area (Å²) in [6.45, 7) is 7.15. The van der Waals surface area contributed by atoms with Crippen LogP contribution in [0, 0.1) is 5.92 Å². The van der Waals surface area contributed by atoms with Gasteiger partial charge in [-0.15, -0.1) is 0 Å². The Morgan fingerprint density at radius 2 is 2.24 bits per heavy atom. The molecule has 0 aliphatic carbocycles. The highest BCUT2D eigenvalue weighted by Gasteiger charge is 2.21. The molecule has 1 atom stereocenters. The van der Waals surface area contributed by atoms with E-state index < -0.39 is 0 Å². The normalized spacial score (nSPS) is 12.2. The summed E-state index contributed by atoms with van der Waals surface area (Å²) in [5.74, 6) is 0.347. The molecule has 0 amide bonds. The number of rotatable bonds is 5. The van der Waals surface area contributed by atoms with E-state index in [1.54, 1.807) is 23.7 Å². The van der Waals surface area contributed by atoms with Crippen LogP contribution in [0.5, 0.6) is 0 Å². The van der Waals surface area contributed by atoms with E-state index in [2.05, 4.69) is 35.6 Å². The lowest BCUT2D eigenvalue weighted by molar-refractivity contribution is 0.733. The molecular weight excluding hydrogens is 322 g/mol. The maximum Gasteiger partial charge on any atom is 0.164 e. The topological polar surface area (TPSA) is 29.0 Å². The van der Waals surface area contributed by atoms with Gasteiger partial charge >= 0.3 is 0 Å². The number of anilines is 1. The first-order valence-corrected chi connectivity index (χ1v) is 8.56. The maximum absolute atomic E-state index is 6.34. The van der Waals surface area contributed by atoms with Crippen molar-refractivity contribution in [2.75, 3.05) is 11.4 Å². The highest BCUT2D eigenvalue weighted by atomic mass is 35.5. The Labute approximate surface area is 140 Å². The van der Waals surface area contributed by atoms with Gasteiger partial charge in [0.1, 0.15) is 10.0 Å². The van der Waals surface area contributed by atoms with E-state index in [0.29, 0.717) is 11.1 Å². The van der Waals surface area contributed by atoms with Gasteiger partial charge in [0, 0.05) is 30.4 Å². The molecule has 112 valence electrons. The van der Waals surface area contributed by atoms with E-state index in [9.17, 15) is 0 Å². The van der Waals surface area contributed by atoms with Crippen LogP contribution in [-0.2, 0) is 0 Å². The van der Waals surface area contributed by atoms with E-state index in [0.717, 1.165) is 33.5 Å². The van der Waals surface area contributed by atoms with Crippen LogP contribution in [0.1, 0.15) is 27.2 Å². The van der Waals surface area contributed by atoms with Gasteiger partial charge in [0.25, 0.3) is 0 Å². The largest absolute Gasteiger partial charge is 0.325 e. The minimum atomic E-state index is 0.347. The fourth-order valence-electron chi connectivity index (χ4n) is 1.91. The molecule has 1 unspecified atom stereocenters. The summed E-state index contributed by atoms with van der Waals surface area (Å²) in [6, 6.07) is 3.88. The highest BCUT2D eigenvalue weighted by Crippen LogP contribution is 2.38. The monoisotopic (exact) mass is 339 g/mol. The second-order valence-electron chi connectivity index (χ2n) is 4.75. The van der Waals surface area contributed by atoms with E-state index >= 15 is 0 Å². The molecule has 2 heterocycles. The minimum Gasteiger partial charge on any atom is -0.325 e. The van der Waals surface area contributed by atoms with Gasteiger partial charge in [-0.05, 0) is 25.5 Å². The first-order valence-electron chi connectivity index (χ1n) is 6.96. The summed E-state index contributed by atoms with van der Waals surface area (Å²) in [5.41, 5.74) is 0.973. The number of aromatic nitrogens is 2. The lowest BCUT2D eigenvalue weighted by Crippen LogP contribution is -2.32. The third-order valence-corrected chi connectivity index (χ3v) is 5.47. The third-order valence-electron chi connectivity index (χ3n) is 3.34. The van der Waals surface area contributed by atoms with Gasteiger partial charge in [0.15, 0.2) is 5.15 Å². The molecule has 6 heteroatoms. The zero-order chi connectivity index (χ0) is 15.4. The summed E-state index contributed by atoms with van der Waals surface area (Å²) in [5, 5.41) is 2.29. The number of pyridine rings is 1. The van der Waals surface area contributed by atoms with Gasteiger partial charge in [-0.2, -0.15) is 0 Å². The van der Waals surface area contributed by atoms with Crippen molar-refractivity contribution in [3.8, 4) is 10.6 Å². The van der Waals surface area contributed by atoms with Gasteiger partial charge in [0.05, 0.1) is 4.99 Å². The zero-order valence-electron chi connectivity index (χ0n) is 12.3. The molecule has 0 fully saturated rings. The SMILES string of the molecule is CCC(C)C(=S)N(CC)c1sc(-c2cccnc2)nc1Cl. The van der Waals surface area contributed by atoms with Crippen molar-refractivity contribution in [3.63, 3.8) is 0 Å². The van der Waals surface area contributed by atoms with Crippen molar-refractivity contribution in [2.45, 2.75) is 27.2 Å². The summed E-state index contributed by atoms with van der Waals surface area (Å²) in [6.07, 6.45) is 4.56. The van der Waals surface area contributed by atoms with Crippen molar-refractivity contribution < 1.29 is 0 Å². The Morgan fingerprint density at radius 1 is 1.48 bits per heavy atom. The predicted octanol–water partition coefficient (Wildman–Crippen LogP) is 5.06. The molecule has 3 nitrogen and oxygen atoms in total. The van der Waals surface area contributed by atoms with Gasteiger partial charge < -0.3 is 4.90 Å². The predicted molar refractivity (Wildman–Crippen MR) is 95.4 cm³/mol. The summed E-state index contributed by atoms with van der Waals surface area (Å²) >= 11 is 13.5. The van der Waals surface area contributed by atoms with Crippen LogP contribution >= 0.6 is 35.2 Å². The van der Waals surface area contributed by atoms with Crippen molar-refractivity contribution in [1.82, 2.24) is 9.97 Å². The Morgan fingerprint density at radius 3 is 2.81 bits per heavy atom. The molecule has 0 aliphatic heterocycles. The Bertz CT molecular complexity index is 613. The summed E-state index contributed by atoms with van der Waals surface area (Å²) < 4.78 is 0. The second kappa shape index (κ2) is 7.29. The number of nitrogens with zero attached hydrogens (tertiary/aromatic N) is 3. The molecule has 2 aromatic rings. The minimum absolute atomic E-state index is 0.347. The van der Waals surface area contributed by atoms with Crippen LogP contribution in [0.15, 0.2) is 24.5 Å². The quantitative estimate of drug-likeness (QED) is 0.712. The number of hydrogen-bond donors (Lipinski definition) is 0. The average molecular weight is 340 g/mol. The first kappa shape index (κ1) is 16.3. The van der Waals surface area contributed by atoms with E-state index in [1.165, 1.54) is 0 Å². The van der Waals surface area contributed by atoms with E-state index in [4.69, 9.17) is 23.8 Å². The molecule has 0 saturated carbocycles. The number of hydrogen-bond acceptors (Lipinski definition) is 4. The average Bonchev–Trinajstić information content (AvgIpc) is 2.90. The molecular formula is C15H18ClN3S2. The van der Waals surface area contributed by atoms with Gasteiger partial charge in [-0.3, -0.25) is 4.98 Å². The van der Waals surface area contributed by atoms with Gasteiger partial charge in [0.2, 0.25) is 0 Å². The van der Waals surface area contributed by atoms with Crippen LogP contribution in [0.2, 0.25) is 5.15 Å². The van der Waals surface area contributed by atoms with Crippen molar-refractivity contribution in [3.05, 3.63) is 29.7 Å². The number of thiocarbonyl (C=S) groups is 1. The molecule has 0 saturated heterocycles. The lowest BCUT2D eigenvalue weighted by atomic mass is 10.1. The highest BCUT2D eigenvalue weighted by molar-refractivity contribution is 7.80. The van der Waals surface area contributed by atoms with E-state index in [-0.39, 0.29) is 0 Å². The fourth-order valence-corrected chi connectivity index (χ4v) is 3.74. The summed E-state index contributed by atoms with van der Waals surface area (Å²) in [7, 11) is 0. The van der Waals surface area contributed by atoms with Crippen LogP contribution in [-0.4, -0.2) is 21.5 Å². The molecule has 0 spiro atoms. The van der Waals surface area contributed by atoms with Gasteiger partial charge in [-0.25, -0.2) is 4.98 Å². The Kier molecular flexibility index (Phi) is 5.67. The molecule has 21 heavy (non-hydrogen) atoms. The third kappa shape index (κ3) is 3.59. The number of halogens is 1. The Hall–Kier alpha value is -1.04. The first-order chi connectivity index (χ1) is 10.1. The van der Waals surface area contributed by atoms with E-state index in [1.807, 2.05) is 12.1 Å². The van der Waals surface area contributed by atoms with Crippen molar-refractivity contribution >= 4 is 45.1 Å². The summed E-state index contributed by atoms with van der Waals surface area (Å²) in [4.78, 5) is 11.6. The molecule has 0 bridgehead atoms. The van der Waals surface area contributed by atoms with Crippen LogP contribution < -0.4 is 4.90 Å². The molecule has 0 aliphatic rings. The molecule has 0 N–H and O–H groups in total. The van der Waals surface area contributed by atoms with Crippen molar-refractivity contribution in [2.24, 2.45) is 5.92 Å². The maximum atomic E-state index is 6.34. The smallest absolute Gasteiger partial charge is 0.164 e. The Balaban J connectivity index is 2.35. The van der Waals surface area contributed by atoms with Crippen LogP contribution in [0.4, 0.5) is 5.00 Å². The molecule has 0 aromatic carbocycles.